The summed E-state index contributed by atoms with van der Waals surface area (Å²) in [5.41, 5.74) is 1.17. The van der Waals surface area contributed by atoms with E-state index >= 15 is 0 Å². The van der Waals surface area contributed by atoms with Crippen LogP contribution >= 0.6 is 11.3 Å². The molecule has 0 aliphatic rings. The Kier molecular flexibility index (Phi) is 6.36. The van der Waals surface area contributed by atoms with Crippen molar-refractivity contribution in [1.29, 1.82) is 5.26 Å². The molecule has 0 radical (unpaired) electrons. The van der Waals surface area contributed by atoms with Crippen LogP contribution in [0.1, 0.15) is 51.9 Å². The monoisotopic (exact) mass is 372 g/mol. The van der Waals surface area contributed by atoms with E-state index in [0.29, 0.717) is 26.8 Å². The van der Waals surface area contributed by atoms with Gasteiger partial charge < -0.3 is 14.8 Å². The van der Waals surface area contributed by atoms with Gasteiger partial charge in [-0.25, -0.2) is 4.79 Å². The van der Waals surface area contributed by atoms with Crippen LogP contribution in [0.3, 0.4) is 0 Å². The fraction of sp³-hybridized carbons (Fsp3) is 0.316. The average molecular weight is 372 g/mol. The molecule has 1 heterocycles. The summed E-state index contributed by atoms with van der Waals surface area (Å²) in [4.78, 5) is 24.9. The molecule has 0 saturated heterocycles. The molecule has 7 heteroatoms. The molecule has 0 aliphatic carbocycles. The van der Waals surface area contributed by atoms with Gasteiger partial charge in [0.25, 0.3) is 5.91 Å². The van der Waals surface area contributed by atoms with Crippen molar-refractivity contribution in [2.75, 3.05) is 11.9 Å². The number of rotatable bonds is 6. The highest BCUT2D eigenvalue weighted by molar-refractivity contribution is 7.18. The van der Waals surface area contributed by atoms with Gasteiger partial charge in [0.2, 0.25) is 0 Å². The highest BCUT2D eigenvalue weighted by Gasteiger charge is 2.22. The molecule has 6 nitrogen and oxygen atoms in total. The van der Waals surface area contributed by atoms with Gasteiger partial charge in [0.1, 0.15) is 21.7 Å². The standard InChI is InChI=1S/C19H20N2O4S/c1-5-24-19(23)16-12(4)15(10-20)18(26-16)21-17(22)13-7-6-8-14(9-13)25-11(2)3/h6-9,11H,5H2,1-4H3,(H,21,22). The van der Waals surface area contributed by atoms with E-state index in [1.807, 2.05) is 19.9 Å². The number of nitrogens with zero attached hydrogens (tertiary/aromatic N) is 1. The number of esters is 1. The molecule has 0 unspecified atom stereocenters. The largest absolute Gasteiger partial charge is 0.491 e. The molecule has 26 heavy (non-hydrogen) atoms. The molecule has 2 aromatic rings. The van der Waals surface area contributed by atoms with Gasteiger partial charge in [-0.2, -0.15) is 5.26 Å². The Morgan fingerprint density at radius 2 is 2.08 bits per heavy atom. The van der Waals surface area contributed by atoms with Crippen LogP contribution in [0, 0.1) is 18.3 Å². The van der Waals surface area contributed by atoms with E-state index in [0.717, 1.165) is 11.3 Å². The highest BCUT2D eigenvalue weighted by Crippen LogP contribution is 2.33. The third-order valence-corrected chi connectivity index (χ3v) is 4.60. The quantitative estimate of drug-likeness (QED) is 0.770. The normalized spacial score (nSPS) is 10.3. The smallest absolute Gasteiger partial charge is 0.348 e. The topological polar surface area (TPSA) is 88.4 Å². The summed E-state index contributed by atoms with van der Waals surface area (Å²) in [6.45, 7) is 7.41. The van der Waals surface area contributed by atoms with E-state index in [9.17, 15) is 14.9 Å². The van der Waals surface area contributed by atoms with Crippen LogP contribution in [0.15, 0.2) is 24.3 Å². The third-order valence-electron chi connectivity index (χ3n) is 3.41. The molecule has 0 bridgehead atoms. The maximum absolute atomic E-state index is 12.6. The van der Waals surface area contributed by atoms with Gasteiger partial charge in [-0.15, -0.1) is 11.3 Å². The van der Waals surface area contributed by atoms with Crippen LogP contribution < -0.4 is 10.1 Å². The van der Waals surface area contributed by atoms with E-state index in [1.165, 1.54) is 0 Å². The van der Waals surface area contributed by atoms with Crippen molar-refractivity contribution < 1.29 is 19.1 Å². The molecule has 1 amide bonds. The van der Waals surface area contributed by atoms with Crippen LogP contribution in [0.25, 0.3) is 0 Å². The number of anilines is 1. The predicted octanol–water partition coefficient (Wildman–Crippen LogP) is 4.14. The number of nitrogens with one attached hydrogen (secondary N) is 1. The SMILES string of the molecule is CCOC(=O)c1sc(NC(=O)c2cccc(OC(C)C)c2)c(C#N)c1C. The minimum Gasteiger partial charge on any atom is -0.491 e. The van der Waals surface area contributed by atoms with Crippen molar-refractivity contribution in [2.45, 2.75) is 33.8 Å². The van der Waals surface area contributed by atoms with Crippen LogP contribution in [-0.2, 0) is 4.74 Å². The lowest BCUT2D eigenvalue weighted by atomic mass is 10.1. The van der Waals surface area contributed by atoms with Gasteiger partial charge in [-0.05, 0) is 51.5 Å². The number of thiophene rings is 1. The molecule has 0 fully saturated rings. The summed E-state index contributed by atoms with van der Waals surface area (Å²) in [6.07, 6.45) is -0.00872. The number of nitriles is 1. The van der Waals surface area contributed by atoms with E-state index in [4.69, 9.17) is 9.47 Å². The Labute approximate surface area is 156 Å². The first kappa shape index (κ1) is 19.5. The summed E-state index contributed by atoms with van der Waals surface area (Å²) >= 11 is 1.04. The fourth-order valence-electron chi connectivity index (χ4n) is 2.29. The van der Waals surface area contributed by atoms with Gasteiger partial charge in [-0.3, -0.25) is 4.79 Å². The lowest BCUT2D eigenvalue weighted by Gasteiger charge is -2.10. The van der Waals surface area contributed by atoms with E-state index in [2.05, 4.69) is 5.32 Å². The molecule has 0 atom stereocenters. The zero-order valence-electron chi connectivity index (χ0n) is 15.1. The predicted molar refractivity (Wildman–Crippen MR) is 99.9 cm³/mol. The number of benzene rings is 1. The number of carbonyl (C=O) groups is 2. The first-order chi connectivity index (χ1) is 12.4. The van der Waals surface area contributed by atoms with Gasteiger partial charge in [0.15, 0.2) is 0 Å². The minimum absolute atomic E-state index is 0.00872. The molecule has 0 saturated carbocycles. The summed E-state index contributed by atoms with van der Waals surface area (Å²) in [5.74, 6) is -0.297. The zero-order chi connectivity index (χ0) is 19.3. The van der Waals surface area contributed by atoms with Crippen molar-refractivity contribution in [1.82, 2.24) is 0 Å². The Hall–Kier alpha value is -2.85. The van der Waals surface area contributed by atoms with Crippen molar-refractivity contribution in [3.05, 3.63) is 45.8 Å². The second-order valence-electron chi connectivity index (χ2n) is 5.74. The maximum Gasteiger partial charge on any atom is 0.348 e. The number of amides is 1. The fourth-order valence-corrected chi connectivity index (χ4v) is 3.33. The van der Waals surface area contributed by atoms with Crippen molar-refractivity contribution in [3.63, 3.8) is 0 Å². The van der Waals surface area contributed by atoms with Crippen LogP contribution in [0.4, 0.5) is 5.00 Å². The molecular formula is C19H20N2O4S. The Morgan fingerprint density at radius 1 is 1.35 bits per heavy atom. The molecule has 2 rings (SSSR count). The zero-order valence-corrected chi connectivity index (χ0v) is 15.9. The first-order valence-electron chi connectivity index (χ1n) is 8.16. The summed E-state index contributed by atoms with van der Waals surface area (Å²) in [7, 11) is 0. The lowest BCUT2D eigenvalue weighted by Crippen LogP contribution is -2.12. The summed E-state index contributed by atoms with van der Waals surface area (Å²) in [5, 5.41) is 12.4. The molecule has 0 spiro atoms. The lowest BCUT2D eigenvalue weighted by molar-refractivity contribution is 0.0531. The summed E-state index contributed by atoms with van der Waals surface area (Å²) < 4.78 is 10.6. The van der Waals surface area contributed by atoms with Gasteiger partial charge >= 0.3 is 5.97 Å². The Balaban J connectivity index is 2.28. The van der Waals surface area contributed by atoms with E-state index in [1.54, 1.807) is 38.1 Å². The van der Waals surface area contributed by atoms with E-state index < -0.39 is 5.97 Å². The number of hydrogen-bond acceptors (Lipinski definition) is 6. The minimum atomic E-state index is -0.501. The second-order valence-corrected chi connectivity index (χ2v) is 6.76. The molecule has 1 aromatic carbocycles. The average Bonchev–Trinajstić information content (AvgIpc) is 2.90. The molecular weight excluding hydrogens is 352 g/mol. The maximum atomic E-state index is 12.6. The summed E-state index contributed by atoms with van der Waals surface area (Å²) in [6, 6.07) is 8.82. The first-order valence-corrected chi connectivity index (χ1v) is 8.97. The van der Waals surface area contributed by atoms with Crippen LogP contribution in [-0.4, -0.2) is 24.6 Å². The van der Waals surface area contributed by atoms with Gasteiger partial charge in [0, 0.05) is 5.56 Å². The van der Waals surface area contributed by atoms with E-state index in [-0.39, 0.29) is 24.2 Å². The highest BCUT2D eigenvalue weighted by atomic mass is 32.1. The number of hydrogen-bond donors (Lipinski definition) is 1. The van der Waals surface area contributed by atoms with Crippen molar-refractivity contribution >= 4 is 28.2 Å². The molecule has 0 aliphatic heterocycles. The Morgan fingerprint density at radius 3 is 2.69 bits per heavy atom. The molecule has 1 N–H and O–H groups in total. The van der Waals surface area contributed by atoms with Crippen LogP contribution in [0.5, 0.6) is 5.75 Å². The number of ether oxygens (including phenoxy) is 2. The second kappa shape index (κ2) is 8.50. The van der Waals surface area contributed by atoms with Gasteiger partial charge in [-0.1, -0.05) is 6.07 Å². The Bertz CT molecular complexity index is 865. The number of carbonyl (C=O) groups excluding carboxylic acids is 2. The van der Waals surface area contributed by atoms with Crippen molar-refractivity contribution in [2.24, 2.45) is 0 Å². The van der Waals surface area contributed by atoms with Gasteiger partial charge in [0.05, 0.1) is 18.3 Å². The third kappa shape index (κ3) is 4.41. The molecule has 136 valence electrons. The molecule has 1 aromatic heterocycles. The van der Waals surface area contributed by atoms with Crippen molar-refractivity contribution in [3.8, 4) is 11.8 Å². The van der Waals surface area contributed by atoms with Crippen LogP contribution in [0.2, 0.25) is 0 Å².